The lowest BCUT2D eigenvalue weighted by atomic mass is 10.2. The fraction of sp³-hybridized carbons (Fsp3) is 0.182. The van der Waals surface area contributed by atoms with Crippen molar-refractivity contribution < 1.29 is 18.3 Å². The lowest BCUT2D eigenvalue weighted by Gasteiger charge is -2.24. The van der Waals surface area contributed by atoms with Gasteiger partial charge in [0.2, 0.25) is 9.84 Å². The molecule has 4 rings (SSSR count). The summed E-state index contributed by atoms with van der Waals surface area (Å²) in [7, 11) is -2.39. The Balaban J connectivity index is 2.03. The van der Waals surface area contributed by atoms with Crippen molar-refractivity contribution in [1.29, 1.82) is 0 Å². The van der Waals surface area contributed by atoms with Gasteiger partial charge in [-0.3, -0.25) is 0 Å². The molecular weight excluding hydrogens is 534 g/mol. The number of fused-ring (bicyclic) bond motifs is 3. The summed E-state index contributed by atoms with van der Waals surface area (Å²) in [5, 5.41) is 11.3. The molecule has 1 aromatic heterocycles. The number of hydrogen-bond donors (Lipinski definition) is 1. The van der Waals surface area contributed by atoms with Crippen molar-refractivity contribution in [3.05, 3.63) is 69.6 Å². The van der Waals surface area contributed by atoms with Crippen LogP contribution in [-0.4, -0.2) is 31.3 Å². The first-order valence-corrected chi connectivity index (χ1v) is 12.3. The topological polar surface area (TPSA) is 68.5 Å². The Morgan fingerprint density at radius 3 is 1.83 bits per heavy atom. The molecular formula is C22H19Br2NO4S. The largest absolute Gasteiger partial charge is 0.497 e. The number of hydrogen-bond acceptors (Lipinski definition) is 4. The number of sulfone groups is 1. The second-order valence-corrected chi connectivity index (χ2v) is 10.9. The molecule has 0 fully saturated rings. The second-order valence-electron chi connectivity index (χ2n) is 7.04. The van der Waals surface area contributed by atoms with Crippen LogP contribution in [0, 0.1) is 0 Å². The second kappa shape index (κ2) is 8.00. The van der Waals surface area contributed by atoms with Crippen LogP contribution >= 0.6 is 31.9 Å². The monoisotopic (exact) mass is 551 g/mol. The van der Waals surface area contributed by atoms with Crippen molar-refractivity contribution in [3.63, 3.8) is 0 Å². The minimum atomic E-state index is -3.92. The fourth-order valence-corrected chi connectivity index (χ4v) is 6.33. The quantitative estimate of drug-likeness (QED) is 0.346. The van der Waals surface area contributed by atoms with Gasteiger partial charge in [-0.15, -0.1) is 0 Å². The Kier molecular flexibility index (Phi) is 5.69. The molecule has 3 aromatic carbocycles. The summed E-state index contributed by atoms with van der Waals surface area (Å²) in [6.45, 7) is 1.50. The first-order valence-electron chi connectivity index (χ1n) is 9.19. The first-order chi connectivity index (χ1) is 14.2. The molecule has 4 aromatic rings. The van der Waals surface area contributed by atoms with Crippen LogP contribution in [0.3, 0.4) is 0 Å². The minimum absolute atomic E-state index is 0.124. The molecule has 0 spiro atoms. The van der Waals surface area contributed by atoms with Gasteiger partial charge in [-0.2, -0.15) is 0 Å². The number of halogens is 2. The summed E-state index contributed by atoms with van der Waals surface area (Å²) in [6.07, 6.45) is -1.15. The van der Waals surface area contributed by atoms with Crippen molar-refractivity contribution in [2.45, 2.75) is 23.3 Å². The van der Waals surface area contributed by atoms with Crippen molar-refractivity contribution in [3.8, 4) is 5.75 Å². The van der Waals surface area contributed by atoms with Crippen LogP contribution in [0.2, 0.25) is 0 Å². The third-order valence-electron chi connectivity index (χ3n) is 5.10. The number of nitrogens with zero attached hydrogens (tertiary/aromatic N) is 1. The highest BCUT2D eigenvalue weighted by molar-refractivity contribution is 9.10. The number of rotatable bonds is 5. The molecule has 0 bridgehead atoms. The van der Waals surface area contributed by atoms with Gasteiger partial charge in [0.1, 0.15) is 5.75 Å². The van der Waals surface area contributed by atoms with Crippen LogP contribution in [0.1, 0.15) is 12.3 Å². The summed E-state index contributed by atoms with van der Waals surface area (Å²) in [5.41, 5.74) is 1.46. The molecule has 1 heterocycles. The zero-order valence-electron chi connectivity index (χ0n) is 16.2. The van der Waals surface area contributed by atoms with Crippen molar-refractivity contribution in [2.24, 2.45) is 0 Å². The van der Waals surface area contributed by atoms with Crippen LogP contribution in [0.5, 0.6) is 5.75 Å². The number of benzene rings is 3. The number of aliphatic hydroxyl groups is 1. The lowest BCUT2D eigenvalue weighted by molar-refractivity contribution is 0.167. The van der Waals surface area contributed by atoms with Crippen LogP contribution in [0.15, 0.2) is 74.5 Å². The Morgan fingerprint density at radius 2 is 1.40 bits per heavy atom. The predicted octanol–water partition coefficient (Wildman–Crippen LogP) is 5.68. The molecule has 0 aliphatic rings. The van der Waals surface area contributed by atoms with Gasteiger partial charge in [-0.25, -0.2) is 8.42 Å². The fourth-order valence-electron chi connectivity index (χ4n) is 3.79. The maximum atomic E-state index is 13.7. The molecule has 0 aliphatic heterocycles. The standard InChI is InChI=1S/C22H19Br2NO4S/c1-13(26)22(30(27,28)17-7-5-16(29-2)6-8-17)25-20-9-3-14(23)11-18(20)19-12-15(24)4-10-21(19)25/h3-13,22,26H,1-2H3. The van der Waals surface area contributed by atoms with E-state index in [2.05, 4.69) is 31.9 Å². The Morgan fingerprint density at radius 1 is 0.900 bits per heavy atom. The summed E-state index contributed by atoms with van der Waals surface area (Å²) in [5.74, 6) is 0.564. The van der Waals surface area contributed by atoms with Crippen LogP contribution in [-0.2, 0) is 9.84 Å². The highest BCUT2D eigenvalue weighted by Gasteiger charge is 2.35. The Hall–Kier alpha value is -1.87. The molecule has 8 heteroatoms. The highest BCUT2D eigenvalue weighted by Crippen LogP contribution is 2.39. The van der Waals surface area contributed by atoms with Gasteiger partial charge in [-0.1, -0.05) is 31.9 Å². The summed E-state index contributed by atoms with van der Waals surface area (Å²) in [4.78, 5) is 0.124. The van der Waals surface area contributed by atoms with Gasteiger partial charge < -0.3 is 14.4 Å². The SMILES string of the molecule is COc1ccc(S(=O)(=O)C(C(C)O)n2c3ccc(Br)cc3c3cc(Br)ccc32)cc1. The Bertz CT molecular complexity index is 1290. The smallest absolute Gasteiger partial charge is 0.202 e. The minimum Gasteiger partial charge on any atom is -0.497 e. The normalized spacial score (nSPS) is 14.2. The highest BCUT2D eigenvalue weighted by atomic mass is 79.9. The maximum Gasteiger partial charge on any atom is 0.202 e. The third kappa shape index (κ3) is 3.56. The number of ether oxygens (including phenoxy) is 1. The molecule has 2 unspecified atom stereocenters. The average Bonchev–Trinajstić information content (AvgIpc) is 3.00. The molecule has 0 aliphatic carbocycles. The van der Waals surface area contributed by atoms with Gasteiger partial charge in [0.15, 0.2) is 5.37 Å². The van der Waals surface area contributed by atoms with Crippen LogP contribution in [0.4, 0.5) is 0 Å². The Labute approximate surface area is 191 Å². The van der Waals surface area contributed by atoms with Gasteiger partial charge in [0.05, 0.1) is 29.1 Å². The first kappa shape index (κ1) is 21.4. The van der Waals surface area contributed by atoms with E-state index in [4.69, 9.17) is 4.74 Å². The number of aliphatic hydroxyl groups excluding tert-OH is 1. The summed E-state index contributed by atoms with van der Waals surface area (Å²) >= 11 is 7.00. The molecule has 0 amide bonds. The molecule has 0 saturated carbocycles. The van der Waals surface area contributed by atoms with E-state index in [9.17, 15) is 13.5 Å². The van der Waals surface area contributed by atoms with E-state index < -0.39 is 21.3 Å². The molecule has 0 saturated heterocycles. The summed E-state index contributed by atoms with van der Waals surface area (Å²) in [6, 6.07) is 17.6. The molecule has 2 atom stereocenters. The molecule has 0 radical (unpaired) electrons. The van der Waals surface area contributed by atoms with Gasteiger partial charge in [0, 0.05) is 19.7 Å². The third-order valence-corrected chi connectivity index (χ3v) is 8.26. The van der Waals surface area contributed by atoms with Gasteiger partial charge in [0.25, 0.3) is 0 Å². The number of methoxy groups -OCH3 is 1. The van der Waals surface area contributed by atoms with E-state index in [0.717, 1.165) is 30.8 Å². The van der Waals surface area contributed by atoms with E-state index in [1.807, 2.05) is 36.4 Å². The average molecular weight is 553 g/mol. The lowest BCUT2D eigenvalue weighted by Crippen LogP contribution is -2.29. The maximum absolute atomic E-state index is 13.7. The van der Waals surface area contributed by atoms with Crippen molar-refractivity contribution in [1.82, 2.24) is 4.57 Å². The molecule has 5 nitrogen and oxygen atoms in total. The van der Waals surface area contributed by atoms with Gasteiger partial charge >= 0.3 is 0 Å². The number of aromatic nitrogens is 1. The molecule has 156 valence electrons. The van der Waals surface area contributed by atoms with E-state index in [-0.39, 0.29) is 4.90 Å². The van der Waals surface area contributed by atoms with Crippen LogP contribution in [0.25, 0.3) is 21.8 Å². The zero-order valence-corrected chi connectivity index (χ0v) is 20.2. The molecule has 30 heavy (non-hydrogen) atoms. The van der Waals surface area contributed by atoms with Gasteiger partial charge in [-0.05, 0) is 67.6 Å². The molecule has 1 N–H and O–H groups in total. The van der Waals surface area contributed by atoms with Crippen molar-refractivity contribution >= 4 is 63.5 Å². The van der Waals surface area contributed by atoms with Crippen molar-refractivity contribution in [2.75, 3.05) is 7.11 Å². The summed E-state index contributed by atoms with van der Waals surface area (Å²) < 4.78 is 35.9. The van der Waals surface area contributed by atoms with E-state index in [1.165, 1.54) is 26.2 Å². The zero-order chi connectivity index (χ0) is 21.6. The van der Waals surface area contributed by atoms with E-state index in [1.54, 1.807) is 16.7 Å². The predicted molar refractivity (Wildman–Crippen MR) is 126 cm³/mol. The van der Waals surface area contributed by atoms with E-state index >= 15 is 0 Å². The van der Waals surface area contributed by atoms with E-state index in [0.29, 0.717) is 5.75 Å². The van der Waals surface area contributed by atoms with Crippen LogP contribution < -0.4 is 4.74 Å².